The van der Waals surface area contributed by atoms with Gasteiger partial charge in [-0.05, 0) is 42.7 Å². The average molecular weight is 510 g/mol. The van der Waals surface area contributed by atoms with Gasteiger partial charge in [0.2, 0.25) is 11.8 Å². The molecule has 3 amide bonds. The second-order valence-corrected chi connectivity index (χ2v) is 10.3. The molecule has 3 rings (SSSR count). The van der Waals surface area contributed by atoms with E-state index in [9.17, 15) is 14.4 Å². The summed E-state index contributed by atoms with van der Waals surface area (Å²) in [5.41, 5.74) is 1.74. The number of hydrogen-bond acceptors (Lipinski definition) is 4. The zero-order valence-corrected chi connectivity index (χ0v) is 20.6. The molecule has 0 aliphatic carbocycles. The predicted molar refractivity (Wildman–Crippen MR) is 129 cm³/mol. The lowest BCUT2D eigenvalue weighted by Gasteiger charge is -2.29. The normalized spacial score (nSPS) is 18.4. The zero-order valence-electron chi connectivity index (χ0n) is 18.2. The lowest BCUT2D eigenvalue weighted by Crippen LogP contribution is -2.52. The van der Waals surface area contributed by atoms with Crippen LogP contribution in [0, 0.1) is 0 Å². The van der Waals surface area contributed by atoms with Gasteiger partial charge in [0, 0.05) is 28.8 Å². The smallest absolute Gasteiger partial charge is 0.255 e. The minimum absolute atomic E-state index is 0.0944. The second kappa shape index (κ2) is 12.6. The van der Waals surface area contributed by atoms with Gasteiger partial charge in [0.25, 0.3) is 5.91 Å². The van der Waals surface area contributed by atoms with Gasteiger partial charge in [-0.25, -0.2) is 0 Å². The Hall–Kier alpha value is -1.34. The molecule has 2 heterocycles. The SMILES string of the molecule is O=C1CCC(N2Cc3c(SCCCCCCCCCCCBr)cccc3C2=O)C(=O)N1. The highest BCUT2D eigenvalue weighted by atomic mass is 79.9. The van der Waals surface area contributed by atoms with Crippen molar-refractivity contribution >= 4 is 45.4 Å². The van der Waals surface area contributed by atoms with Crippen molar-refractivity contribution in [1.29, 1.82) is 0 Å². The maximum Gasteiger partial charge on any atom is 0.255 e. The van der Waals surface area contributed by atoms with Crippen LogP contribution in [0.1, 0.15) is 86.6 Å². The third-order valence-corrected chi connectivity index (χ3v) is 7.82. The summed E-state index contributed by atoms with van der Waals surface area (Å²) in [6, 6.07) is 5.32. The number of benzene rings is 1. The number of nitrogens with zero attached hydrogens (tertiary/aromatic N) is 1. The van der Waals surface area contributed by atoms with E-state index in [0.717, 1.165) is 21.5 Å². The Bertz CT molecular complexity index is 786. The predicted octanol–water partition coefficient (Wildman–Crippen LogP) is 5.45. The monoisotopic (exact) mass is 508 g/mol. The molecule has 2 aliphatic rings. The van der Waals surface area contributed by atoms with Crippen molar-refractivity contribution < 1.29 is 14.4 Å². The number of amides is 3. The molecule has 1 saturated heterocycles. The van der Waals surface area contributed by atoms with Crippen LogP contribution in [-0.4, -0.2) is 39.7 Å². The Morgan fingerprint density at radius 1 is 0.968 bits per heavy atom. The summed E-state index contributed by atoms with van der Waals surface area (Å²) in [5.74, 6) is 0.350. The molecule has 0 spiro atoms. The molecule has 1 aromatic rings. The number of nitrogens with one attached hydrogen (secondary N) is 1. The first-order valence-corrected chi connectivity index (χ1v) is 13.7. The minimum atomic E-state index is -0.546. The number of unbranched alkanes of at least 4 members (excludes halogenated alkanes) is 8. The maximum absolute atomic E-state index is 12.9. The standard InChI is InChI=1S/C24H33BrN2O3S/c25-15-8-6-4-2-1-3-5-7-9-16-31-21-12-10-11-18-19(21)17-27(24(18)30)20-13-14-22(28)26-23(20)29/h10-12,20H,1-9,13-17H2,(H,26,28,29). The summed E-state index contributed by atoms with van der Waals surface area (Å²) in [5, 5.41) is 3.49. The summed E-state index contributed by atoms with van der Waals surface area (Å²) >= 11 is 5.30. The molecular formula is C24H33BrN2O3S. The number of carbonyl (C=O) groups is 3. The van der Waals surface area contributed by atoms with Crippen LogP contribution in [0.4, 0.5) is 0 Å². The molecule has 1 fully saturated rings. The van der Waals surface area contributed by atoms with Gasteiger partial charge in [-0.2, -0.15) is 0 Å². The quantitative estimate of drug-likeness (QED) is 0.166. The highest BCUT2D eigenvalue weighted by molar-refractivity contribution is 9.09. The van der Waals surface area contributed by atoms with Crippen molar-refractivity contribution in [2.75, 3.05) is 11.1 Å². The summed E-state index contributed by atoms with van der Waals surface area (Å²) < 4.78 is 0. The van der Waals surface area contributed by atoms with Gasteiger partial charge < -0.3 is 4.90 Å². The average Bonchev–Trinajstić information content (AvgIpc) is 3.09. The van der Waals surface area contributed by atoms with Crippen molar-refractivity contribution in [3.8, 4) is 0 Å². The first-order chi connectivity index (χ1) is 15.1. The number of piperidine rings is 1. The van der Waals surface area contributed by atoms with Crippen LogP contribution >= 0.6 is 27.7 Å². The Kier molecular flexibility index (Phi) is 9.91. The van der Waals surface area contributed by atoms with E-state index in [1.54, 1.807) is 4.90 Å². The molecule has 170 valence electrons. The van der Waals surface area contributed by atoms with Crippen LogP contribution in [0.25, 0.3) is 0 Å². The van der Waals surface area contributed by atoms with Gasteiger partial charge >= 0.3 is 0 Å². The maximum atomic E-state index is 12.9. The van der Waals surface area contributed by atoms with Gasteiger partial charge in [0.05, 0.1) is 0 Å². The molecule has 5 nitrogen and oxygen atoms in total. The number of imide groups is 1. The van der Waals surface area contributed by atoms with E-state index in [4.69, 9.17) is 0 Å². The lowest BCUT2D eigenvalue weighted by molar-refractivity contribution is -0.136. The molecule has 31 heavy (non-hydrogen) atoms. The Labute approximate surface area is 198 Å². The molecule has 0 saturated carbocycles. The lowest BCUT2D eigenvalue weighted by atomic mass is 10.0. The third kappa shape index (κ3) is 6.82. The van der Waals surface area contributed by atoms with Crippen LogP contribution in [0.2, 0.25) is 0 Å². The number of carbonyl (C=O) groups excluding carboxylic acids is 3. The first kappa shape index (κ1) is 24.3. The van der Waals surface area contributed by atoms with E-state index in [0.29, 0.717) is 18.5 Å². The van der Waals surface area contributed by atoms with Crippen LogP contribution in [0.5, 0.6) is 0 Å². The number of halogens is 1. The largest absolute Gasteiger partial charge is 0.322 e. The van der Waals surface area contributed by atoms with Crippen molar-refractivity contribution in [3.05, 3.63) is 29.3 Å². The van der Waals surface area contributed by atoms with Crippen LogP contribution in [0.3, 0.4) is 0 Å². The molecule has 7 heteroatoms. The summed E-state index contributed by atoms with van der Waals surface area (Å²) in [4.78, 5) is 39.3. The fourth-order valence-corrected chi connectivity index (χ4v) is 5.80. The van der Waals surface area contributed by atoms with E-state index >= 15 is 0 Å². The second-order valence-electron chi connectivity index (χ2n) is 8.40. The Morgan fingerprint density at radius 3 is 2.32 bits per heavy atom. The van der Waals surface area contributed by atoms with Gasteiger partial charge in [-0.15, -0.1) is 11.8 Å². The molecular weight excluding hydrogens is 476 g/mol. The number of thioether (sulfide) groups is 1. The van der Waals surface area contributed by atoms with E-state index in [1.165, 1.54) is 57.8 Å². The highest BCUT2D eigenvalue weighted by Gasteiger charge is 2.39. The minimum Gasteiger partial charge on any atom is -0.322 e. The topological polar surface area (TPSA) is 66.5 Å². The van der Waals surface area contributed by atoms with Gasteiger partial charge in [0.1, 0.15) is 6.04 Å². The molecule has 0 aromatic heterocycles. The molecule has 2 aliphatic heterocycles. The van der Waals surface area contributed by atoms with E-state index in [-0.39, 0.29) is 24.1 Å². The number of hydrogen-bond donors (Lipinski definition) is 1. The number of fused-ring (bicyclic) bond motifs is 1. The molecule has 1 atom stereocenters. The molecule has 1 aromatic carbocycles. The molecule has 1 unspecified atom stereocenters. The molecule has 1 N–H and O–H groups in total. The Balaban J connectivity index is 1.40. The fraction of sp³-hybridized carbons (Fsp3) is 0.625. The summed E-state index contributed by atoms with van der Waals surface area (Å²) in [6.45, 7) is 0.457. The molecule has 0 radical (unpaired) electrons. The van der Waals surface area contributed by atoms with Crippen molar-refractivity contribution in [3.63, 3.8) is 0 Å². The number of rotatable bonds is 13. The summed E-state index contributed by atoms with van der Waals surface area (Å²) in [7, 11) is 0. The van der Waals surface area contributed by atoms with Crippen LogP contribution in [-0.2, 0) is 16.1 Å². The fourth-order valence-electron chi connectivity index (χ4n) is 4.31. The van der Waals surface area contributed by atoms with Crippen molar-refractivity contribution in [1.82, 2.24) is 10.2 Å². The van der Waals surface area contributed by atoms with Gasteiger partial charge in [-0.1, -0.05) is 66.9 Å². The Morgan fingerprint density at radius 2 is 1.65 bits per heavy atom. The van der Waals surface area contributed by atoms with Gasteiger partial charge in [-0.3, -0.25) is 19.7 Å². The van der Waals surface area contributed by atoms with E-state index in [1.807, 2.05) is 23.9 Å². The zero-order chi connectivity index (χ0) is 22.1. The van der Waals surface area contributed by atoms with Crippen molar-refractivity contribution in [2.45, 2.75) is 88.1 Å². The van der Waals surface area contributed by atoms with E-state index < -0.39 is 6.04 Å². The molecule has 0 bridgehead atoms. The van der Waals surface area contributed by atoms with Crippen LogP contribution < -0.4 is 5.32 Å². The third-order valence-electron chi connectivity index (χ3n) is 6.07. The first-order valence-electron chi connectivity index (χ1n) is 11.6. The highest BCUT2D eigenvalue weighted by Crippen LogP contribution is 2.34. The van der Waals surface area contributed by atoms with Gasteiger partial charge in [0.15, 0.2) is 0 Å². The van der Waals surface area contributed by atoms with Crippen molar-refractivity contribution in [2.24, 2.45) is 0 Å². The van der Waals surface area contributed by atoms with Crippen LogP contribution in [0.15, 0.2) is 23.1 Å². The number of alkyl halides is 1. The summed E-state index contributed by atoms with van der Waals surface area (Å²) in [6.07, 6.45) is 12.4. The van der Waals surface area contributed by atoms with E-state index in [2.05, 4.69) is 27.3 Å².